The van der Waals surface area contributed by atoms with Crippen LogP contribution in [0.5, 0.6) is 5.75 Å². The molecule has 5 heteroatoms. The lowest BCUT2D eigenvalue weighted by molar-refractivity contribution is 0.353. The van der Waals surface area contributed by atoms with E-state index in [1.165, 1.54) is 18.2 Å². The van der Waals surface area contributed by atoms with Gasteiger partial charge in [0.1, 0.15) is 10.6 Å². The number of phenols is 1. The van der Waals surface area contributed by atoms with Gasteiger partial charge in [0.2, 0.25) is 0 Å². The Balaban J connectivity index is 3.10. The molecule has 0 aliphatic heterocycles. The molecule has 0 saturated carbocycles. The lowest BCUT2D eigenvalue weighted by Gasteiger charge is -2.06. The Bertz CT molecular complexity index is 462. The third-order valence-corrected chi connectivity index (χ3v) is 3.06. The highest BCUT2D eigenvalue weighted by molar-refractivity contribution is 7.86. The molecule has 0 unspecified atom stereocenters. The second-order valence-electron chi connectivity index (χ2n) is 3.00. The average Bonchev–Trinajstić information content (AvgIpc) is 2.14. The number of benzene rings is 1. The van der Waals surface area contributed by atoms with Crippen LogP contribution in [0, 0.1) is 6.92 Å². The molecule has 0 atom stereocenters. The summed E-state index contributed by atoms with van der Waals surface area (Å²) in [4.78, 5) is -0.227. The Morgan fingerprint density at radius 1 is 1.53 bits per heavy atom. The zero-order valence-electron chi connectivity index (χ0n) is 8.30. The number of phenolic OH excluding ortho intramolecular Hbond substituents is 1. The highest BCUT2D eigenvalue weighted by Gasteiger charge is 2.18. The van der Waals surface area contributed by atoms with Crippen molar-refractivity contribution in [3.63, 3.8) is 0 Å². The summed E-state index contributed by atoms with van der Waals surface area (Å²) in [5, 5.41) is 9.44. The summed E-state index contributed by atoms with van der Waals surface area (Å²) in [7, 11) is -3.89. The molecule has 0 aliphatic rings. The van der Waals surface area contributed by atoms with Gasteiger partial charge in [-0.3, -0.25) is 4.18 Å². The van der Waals surface area contributed by atoms with Crippen LogP contribution in [0.4, 0.5) is 0 Å². The summed E-state index contributed by atoms with van der Waals surface area (Å²) >= 11 is 0. The summed E-state index contributed by atoms with van der Waals surface area (Å²) < 4.78 is 27.6. The van der Waals surface area contributed by atoms with Gasteiger partial charge in [-0.15, -0.1) is 6.58 Å². The molecule has 1 aromatic carbocycles. The maximum atomic E-state index is 11.5. The minimum Gasteiger partial charge on any atom is -0.506 e. The van der Waals surface area contributed by atoms with Crippen LogP contribution in [0.15, 0.2) is 35.7 Å². The number of hydrogen-bond donors (Lipinski definition) is 1. The van der Waals surface area contributed by atoms with E-state index in [9.17, 15) is 13.5 Å². The molecule has 0 fully saturated rings. The molecule has 1 aromatic rings. The van der Waals surface area contributed by atoms with Crippen LogP contribution in [-0.4, -0.2) is 20.1 Å². The van der Waals surface area contributed by atoms with Crippen molar-refractivity contribution in [1.82, 2.24) is 0 Å². The van der Waals surface area contributed by atoms with Gasteiger partial charge in [-0.1, -0.05) is 12.1 Å². The molecule has 0 amide bonds. The van der Waals surface area contributed by atoms with Crippen LogP contribution in [0.2, 0.25) is 0 Å². The fourth-order valence-corrected chi connectivity index (χ4v) is 1.99. The van der Waals surface area contributed by atoms with E-state index < -0.39 is 10.1 Å². The van der Waals surface area contributed by atoms with Gasteiger partial charge in [-0.05, 0) is 24.6 Å². The van der Waals surface area contributed by atoms with E-state index >= 15 is 0 Å². The Kier molecular flexibility index (Phi) is 3.49. The van der Waals surface area contributed by atoms with Gasteiger partial charge in [0.25, 0.3) is 0 Å². The zero-order chi connectivity index (χ0) is 11.5. The monoisotopic (exact) mass is 228 g/mol. The molecule has 0 radical (unpaired) electrons. The number of aromatic hydroxyl groups is 1. The Morgan fingerprint density at radius 2 is 2.20 bits per heavy atom. The largest absolute Gasteiger partial charge is 0.506 e. The standard InChI is InChI=1S/C10H12O4S/c1-3-6-14-15(12,13)10-5-4-8(2)7-9(10)11/h3-5,7,11H,1,6H2,2H3. The molecule has 0 spiro atoms. The van der Waals surface area contributed by atoms with Crippen molar-refractivity contribution in [3.05, 3.63) is 36.4 Å². The third-order valence-electron chi connectivity index (χ3n) is 1.72. The first kappa shape index (κ1) is 11.7. The van der Waals surface area contributed by atoms with Crippen molar-refractivity contribution in [2.45, 2.75) is 11.8 Å². The topological polar surface area (TPSA) is 63.6 Å². The highest BCUT2D eigenvalue weighted by atomic mass is 32.2. The van der Waals surface area contributed by atoms with Crippen LogP contribution in [0.25, 0.3) is 0 Å². The Labute approximate surface area is 88.9 Å². The maximum absolute atomic E-state index is 11.5. The molecule has 1 N–H and O–H groups in total. The molecule has 4 nitrogen and oxygen atoms in total. The third kappa shape index (κ3) is 2.81. The van der Waals surface area contributed by atoms with Gasteiger partial charge >= 0.3 is 10.1 Å². The van der Waals surface area contributed by atoms with E-state index in [-0.39, 0.29) is 17.3 Å². The first-order chi connectivity index (χ1) is 6.97. The molecule has 1 rings (SSSR count). The minimum absolute atomic E-state index is 0.115. The van der Waals surface area contributed by atoms with E-state index in [0.717, 1.165) is 5.56 Å². The van der Waals surface area contributed by atoms with E-state index in [2.05, 4.69) is 10.8 Å². The lowest BCUT2D eigenvalue weighted by Crippen LogP contribution is -2.06. The van der Waals surface area contributed by atoms with Crippen LogP contribution in [-0.2, 0) is 14.3 Å². The first-order valence-electron chi connectivity index (χ1n) is 4.27. The summed E-state index contributed by atoms with van der Waals surface area (Å²) in [6.45, 7) is 4.98. The molecule has 0 aliphatic carbocycles. The van der Waals surface area contributed by atoms with E-state index in [4.69, 9.17) is 0 Å². The molecular weight excluding hydrogens is 216 g/mol. The molecular formula is C10H12O4S. The summed E-state index contributed by atoms with van der Waals surface area (Å²) in [5.74, 6) is -0.306. The minimum atomic E-state index is -3.89. The fraction of sp³-hybridized carbons (Fsp3) is 0.200. The second kappa shape index (κ2) is 4.46. The molecule has 82 valence electrons. The van der Waals surface area contributed by atoms with E-state index in [1.54, 1.807) is 13.0 Å². The maximum Gasteiger partial charge on any atom is 0.300 e. The number of hydrogen-bond acceptors (Lipinski definition) is 4. The quantitative estimate of drug-likeness (QED) is 0.628. The lowest BCUT2D eigenvalue weighted by atomic mass is 10.2. The highest BCUT2D eigenvalue weighted by Crippen LogP contribution is 2.24. The van der Waals surface area contributed by atoms with Crippen molar-refractivity contribution < 1.29 is 17.7 Å². The molecule has 15 heavy (non-hydrogen) atoms. The second-order valence-corrected chi connectivity index (χ2v) is 4.58. The van der Waals surface area contributed by atoms with Crippen LogP contribution >= 0.6 is 0 Å². The molecule has 0 bridgehead atoms. The number of aryl methyl sites for hydroxylation is 1. The zero-order valence-corrected chi connectivity index (χ0v) is 9.12. The van der Waals surface area contributed by atoms with E-state index in [0.29, 0.717) is 0 Å². The van der Waals surface area contributed by atoms with Crippen molar-refractivity contribution in [2.24, 2.45) is 0 Å². The first-order valence-corrected chi connectivity index (χ1v) is 5.68. The number of rotatable bonds is 4. The van der Waals surface area contributed by atoms with Crippen molar-refractivity contribution in [1.29, 1.82) is 0 Å². The predicted octanol–water partition coefficient (Wildman–Crippen LogP) is 1.59. The molecule has 0 heterocycles. The smallest absolute Gasteiger partial charge is 0.300 e. The normalized spacial score (nSPS) is 11.3. The summed E-state index contributed by atoms with van der Waals surface area (Å²) in [6, 6.07) is 4.26. The Hall–Kier alpha value is -1.33. The van der Waals surface area contributed by atoms with Crippen LogP contribution in [0.1, 0.15) is 5.56 Å². The van der Waals surface area contributed by atoms with Gasteiger partial charge in [0, 0.05) is 0 Å². The van der Waals surface area contributed by atoms with Crippen molar-refractivity contribution in [2.75, 3.05) is 6.61 Å². The van der Waals surface area contributed by atoms with Gasteiger partial charge in [0.05, 0.1) is 6.61 Å². The summed E-state index contributed by atoms with van der Waals surface area (Å²) in [5.41, 5.74) is 0.773. The molecule has 0 aromatic heterocycles. The molecule has 0 saturated heterocycles. The Morgan fingerprint density at radius 3 is 2.73 bits per heavy atom. The van der Waals surface area contributed by atoms with Gasteiger partial charge in [-0.2, -0.15) is 8.42 Å². The van der Waals surface area contributed by atoms with Gasteiger partial charge < -0.3 is 5.11 Å². The van der Waals surface area contributed by atoms with E-state index in [1.807, 2.05) is 0 Å². The van der Waals surface area contributed by atoms with Gasteiger partial charge in [0.15, 0.2) is 0 Å². The SMILES string of the molecule is C=CCOS(=O)(=O)c1ccc(C)cc1O. The predicted molar refractivity (Wildman–Crippen MR) is 56.2 cm³/mol. The fourth-order valence-electron chi connectivity index (χ4n) is 1.04. The van der Waals surface area contributed by atoms with Gasteiger partial charge in [-0.25, -0.2) is 0 Å². The van der Waals surface area contributed by atoms with Crippen molar-refractivity contribution in [3.8, 4) is 5.75 Å². The van der Waals surface area contributed by atoms with Crippen LogP contribution < -0.4 is 0 Å². The average molecular weight is 228 g/mol. The summed E-state index contributed by atoms with van der Waals surface area (Å²) in [6.07, 6.45) is 1.32. The van der Waals surface area contributed by atoms with Crippen molar-refractivity contribution >= 4 is 10.1 Å². The van der Waals surface area contributed by atoms with Crippen LogP contribution in [0.3, 0.4) is 0 Å².